The standard InChI is InChI=1S/C21H26N4O4/c1-2-5-16(22)19(27)21(29)24-12-18(26)25-17(20(23)28)11-13-8-9-14-6-3-4-7-15(14)10-13/h3-4,6-10,16-17H,2,5,11-12,22H2,1H3,(H2,23,28)(H,24,29)(H,25,26). The average molecular weight is 398 g/mol. The van der Waals surface area contributed by atoms with Crippen LogP contribution in [0.4, 0.5) is 0 Å². The highest BCUT2D eigenvalue weighted by Gasteiger charge is 2.23. The highest BCUT2D eigenvalue weighted by molar-refractivity contribution is 6.38. The van der Waals surface area contributed by atoms with E-state index < -0.39 is 42.1 Å². The van der Waals surface area contributed by atoms with Gasteiger partial charge in [0.1, 0.15) is 6.04 Å². The van der Waals surface area contributed by atoms with Crippen LogP contribution in [0.5, 0.6) is 0 Å². The Bertz CT molecular complexity index is 912. The Morgan fingerprint density at radius 1 is 1.03 bits per heavy atom. The first-order valence-corrected chi connectivity index (χ1v) is 9.45. The summed E-state index contributed by atoms with van der Waals surface area (Å²) in [5.74, 6) is -3.02. The third-order valence-corrected chi connectivity index (χ3v) is 4.50. The Labute approximate surface area is 169 Å². The van der Waals surface area contributed by atoms with Crippen molar-refractivity contribution in [2.75, 3.05) is 6.54 Å². The highest BCUT2D eigenvalue weighted by atomic mass is 16.2. The van der Waals surface area contributed by atoms with Crippen LogP contribution in [0, 0.1) is 0 Å². The number of ketones is 1. The number of hydrogen-bond acceptors (Lipinski definition) is 5. The molecule has 2 rings (SSSR count). The minimum atomic E-state index is -0.946. The molecule has 0 aromatic heterocycles. The minimum absolute atomic E-state index is 0.208. The van der Waals surface area contributed by atoms with Gasteiger partial charge in [0.25, 0.3) is 5.91 Å². The molecule has 0 saturated carbocycles. The van der Waals surface area contributed by atoms with Crippen LogP contribution in [0.3, 0.4) is 0 Å². The van der Waals surface area contributed by atoms with Crippen molar-refractivity contribution in [3.05, 3.63) is 48.0 Å². The second-order valence-corrected chi connectivity index (χ2v) is 6.85. The fourth-order valence-electron chi connectivity index (χ4n) is 2.93. The zero-order chi connectivity index (χ0) is 21.4. The Kier molecular flexibility index (Phi) is 7.85. The van der Waals surface area contributed by atoms with Gasteiger partial charge in [0.05, 0.1) is 12.6 Å². The number of rotatable bonds is 10. The molecule has 8 nitrogen and oxygen atoms in total. The number of nitrogens with two attached hydrogens (primary N) is 2. The third kappa shape index (κ3) is 6.39. The van der Waals surface area contributed by atoms with Gasteiger partial charge in [-0.05, 0) is 22.8 Å². The summed E-state index contributed by atoms with van der Waals surface area (Å²) in [6.45, 7) is 1.39. The fourth-order valence-corrected chi connectivity index (χ4v) is 2.93. The van der Waals surface area contributed by atoms with E-state index in [0.29, 0.717) is 12.8 Å². The van der Waals surface area contributed by atoms with Crippen molar-refractivity contribution in [2.24, 2.45) is 11.5 Å². The van der Waals surface area contributed by atoms with Crippen molar-refractivity contribution < 1.29 is 19.2 Å². The summed E-state index contributed by atoms with van der Waals surface area (Å²) in [7, 11) is 0. The monoisotopic (exact) mass is 398 g/mol. The molecular weight excluding hydrogens is 372 g/mol. The summed E-state index contributed by atoms with van der Waals surface area (Å²) in [5, 5.41) is 6.78. The third-order valence-electron chi connectivity index (χ3n) is 4.50. The molecule has 0 aliphatic carbocycles. The summed E-state index contributed by atoms with van der Waals surface area (Å²) < 4.78 is 0. The second-order valence-electron chi connectivity index (χ2n) is 6.85. The largest absolute Gasteiger partial charge is 0.368 e. The average Bonchev–Trinajstić information content (AvgIpc) is 2.70. The van der Waals surface area contributed by atoms with Crippen molar-refractivity contribution in [3.8, 4) is 0 Å². The Morgan fingerprint density at radius 3 is 2.38 bits per heavy atom. The van der Waals surface area contributed by atoms with Crippen LogP contribution in [-0.4, -0.2) is 42.1 Å². The summed E-state index contributed by atoms with van der Waals surface area (Å²) in [5.41, 5.74) is 11.9. The number of Topliss-reactive ketones (excluding diaryl/α,β-unsaturated/α-hetero) is 1. The van der Waals surface area contributed by atoms with Crippen molar-refractivity contribution in [3.63, 3.8) is 0 Å². The molecule has 0 saturated heterocycles. The lowest BCUT2D eigenvalue weighted by atomic mass is 10.0. The molecule has 2 atom stereocenters. The molecule has 2 unspecified atom stereocenters. The van der Waals surface area contributed by atoms with E-state index in [2.05, 4.69) is 10.6 Å². The molecule has 0 bridgehead atoms. The lowest BCUT2D eigenvalue weighted by Crippen LogP contribution is -2.50. The van der Waals surface area contributed by atoms with Gasteiger partial charge in [0.15, 0.2) is 0 Å². The van der Waals surface area contributed by atoms with Gasteiger partial charge in [0, 0.05) is 6.42 Å². The molecule has 0 aliphatic heterocycles. The second kappa shape index (κ2) is 10.3. The molecule has 0 spiro atoms. The SMILES string of the molecule is CCCC(N)C(=O)C(=O)NCC(=O)NC(Cc1ccc2ccccc2c1)C(N)=O. The Balaban J connectivity index is 1.93. The van der Waals surface area contributed by atoms with E-state index in [4.69, 9.17) is 11.5 Å². The predicted molar refractivity (Wildman–Crippen MR) is 110 cm³/mol. The van der Waals surface area contributed by atoms with Gasteiger partial charge in [0.2, 0.25) is 17.6 Å². The number of primary amides is 1. The van der Waals surface area contributed by atoms with E-state index in [1.54, 1.807) is 0 Å². The zero-order valence-corrected chi connectivity index (χ0v) is 16.3. The number of benzene rings is 2. The topological polar surface area (TPSA) is 144 Å². The normalized spacial score (nSPS) is 12.8. The van der Waals surface area contributed by atoms with E-state index >= 15 is 0 Å². The number of fused-ring (bicyclic) bond motifs is 1. The predicted octanol–water partition coefficient (Wildman–Crippen LogP) is 0.165. The fraction of sp³-hybridized carbons (Fsp3) is 0.333. The molecule has 0 heterocycles. The molecule has 8 heteroatoms. The maximum absolute atomic E-state index is 12.1. The lowest BCUT2D eigenvalue weighted by molar-refractivity contribution is -0.139. The smallest absolute Gasteiger partial charge is 0.289 e. The first kappa shape index (κ1) is 22.0. The van der Waals surface area contributed by atoms with Crippen molar-refractivity contribution >= 4 is 34.3 Å². The van der Waals surface area contributed by atoms with E-state index in [1.807, 2.05) is 49.4 Å². The van der Waals surface area contributed by atoms with Gasteiger partial charge in [-0.15, -0.1) is 0 Å². The molecule has 6 N–H and O–H groups in total. The summed E-state index contributed by atoms with van der Waals surface area (Å²) in [6.07, 6.45) is 1.25. The van der Waals surface area contributed by atoms with E-state index in [1.165, 1.54) is 0 Å². The van der Waals surface area contributed by atoms with Crippen LogP contribution < -0.4 is 22.1 Å². The molecule has 2 aromatic carbocycles. The van der Waals surface area contributed by atoms with Gasteiger partial charge in [-0.2, -0.15) is 0 Å². The number of carbonyl (C=O) groups is 4. The maximum Gasteiger partial charge on any atom is 0.289 e. The first-order chi connectivity index (χ1) is 13.8. The van der Waals surface area contributed by atoms with E-state index in [0.717, 1.165) is 16.3 Å². The summed E-state index contributed by atoms with van der Waals surface area (Å²) >= 11 is 0. The van der Waals surface area contributed by atoms with Gasteiger partial charge in [-0.25, -0.2) is 0 Å². The van der Waals surface area contributed by atoms with Gasteiger partial charge in [-0.3, -0.25) is 19.2 Å². The quantitative estimate of drug-likeness (QED) is 0.422. The molecule has 0 radical (unpaired) electrons. The number of nitrogens with one attached hydrogen (secondary N) is 2. The number of carbonyl (C=O) groups excluding carboxylic acids is 4. The molecule has 0 fully saturated rings. The van der Waals surface area contributed by atoms with Crippen molar-refractivity contribution in [1.82, 2.24) is 10.6 Å². The molecule has 154 valence electrons. The summed E-state index contributed by atoms with van der Waals surface area (Å²) in [4.78, 5) is 47.4. The minimum Gasteiger partial charge on any atom is -0.368 e. The maximum atomic E-state index is 12.1. The van der Waals surface area contributed by atoms with Crippen molar-refractivity contribution in [1.29, 1.82) is 0 Å². The summed E-state index contributed by atoms with van der Waals surface area (Å²) in [6, 6.07) is 11.6. The Hall–Kier alpha value is -3.26. The number of hydrogen-bond donors (Lipinski definition) is 4. The zero-order valence-electron chi connectivity index (χ0n) is 16.3. The van der Waals surface area contributed by atoms with Gasteiger partial charge < -0.3 is 22.1 Å². The van der Waals surface area contributed by atoms with Gasteiger partial charge in [-0.1, -0.05) is 55.8 Å². The van der Waals surface area contributed by atoms with Crippen LogP contribution in [0.1, 0.15) is 25.3 Å². The lowest BCUT2D eigenvalue weighted by Gasteiger charge is -2.16. The van der Waals surface area contributed by atoms with Crippen LogP contribution >= 0.6 is 0 Å². The van der Waals surface area contributed by atoms with E-state index in [9.17, 15) is 19.2 Å². The van der Waals surface area contributed by atoms with Crippen molar-refractivity contribution in [2.45, 2.75) is 38.3 Å². The molecule has 3 amide bonds. The first-order valence-electron chi connectivity index (χ1n) is 9.45. The van der Waals surface area contributed by atoms with E-state index in [-0.39, 0.29) is 6.42 Å². The van der Waals surface area contributed by atoms with Crippen LogP contribution in [-0.2, 0) is 25.6 Å². The highest BCUT2D eigenvalue weighted by Crippen LogP contribution is 2.16. The van der Waals surface area contributed by atoms with Crippen LogP contribution in [0.15, 0.2) is 42.5 Å². The Morgan fingerprint density at radius 2 is 1.72 bits per heavy atom. The molecular formula is C21H26N4O4. The van der Waals surface area contributed by atoms with Crippen LogP contribution in [0.25, 0.3) is 10.8 Å². The van der Waals surface area contributed by atoms with Crippen LogP contribution in [0.2, 0.25) is 0 Å². The van der Waals surface area contributed by atoms with Gasteiger partial charge >= 0.3 is 0 Å². The molecule has 2 aromatic rings. The molecule has 0 aliphatic rings. The molecule has 29 heavy (non-hydrogen) atoms. The number of amides is 3.